The van der Waals surface area contributed by atoms with Gasteiger partial charge in [-0.25, -0.2) is 13.1 Å². The van der Waals surface area contributed by atoms with Crippen LogP contribution in [0.25, 0.3) is 0 Å². The van der Waals surface area contributed by atoms with Gasteiger partial charge in [0.1, 0.15) is 0 Å². The molecule has 80 valence electrons. The summed E-state index contributed by atoms with van der Waals surface area (Å²) in [5, 5.41) is 0. The van der Waals surface area contributed by atoms with E-state index in [1.165, 1.54) is 0 Å². The van der Waals surface area contributed by atoms with Gasteiger partial charge in [-0.15, -0.1) is 11.6 Å². The summed E-state index contributed by atoms with van der Waals surface area (Å²) in [5.41, 5.74) is 0. The molecule has 1 atom stereocenters. The average molecular weight is 228 g/mol. The van der Waals surface area contributed by atoms with Crippen molar-refractivity contribution in [2.45, 2.75) is 44.9 Å². The van der Waals surface area contributed by atoms with Gasteiger partial charge in [-0.05, 0) is 27.2 Å². The van der Waals surface area contributed by atoms with Crippen molar-refractivity contribution in [3.05, 3.63) is 0 Å². The highest BCUT2D eigenvalue weighted by molar-refractivity contribution is 7.90. The Labute approximate surface area is 85.9 Å². The fraction of sp³-hybridized carbons (Fsp3) is 1.00. The molecule has 0 heterocycles. The predicted octanol–water partition coefficient (Wildman–Crippen LogP) is 1.72. The SMILES string of the molecule is CCC(CCl)NS(=O)(=O)C(C)(C)C. The highest BCUT2D eigenvalue weighted by Crippen LogP contribution is 2.14. The molecule has 0 aromatic heterocycles. The van der Waals surface area contributed by atoms with Crippen LogP contribution in [0.1, 0.15) is 34.1 Å². The molecule has 1 unspecified atom stereocenters. The third-order valence-corrected chi connectivity index (χ3v) is 4.44. The summed E-state index contributed by atoms with van der Waals surface area (Å²) in [5.74, 6) is 0.311. The Morgan fingerprint density at radius 3 is 2.08 bits per heavy atom. The first-order chi connectivity index (χ1) is 5.74. The van der Waals surface area contributed by atoms with Crippen molar-refractivity contribution in [1.29, 1.82) is 0 Å². The van der Waals surface area contributed by atoms with E-state index in [0.717, 1.165) is 0 Å². The Balaban J connectivity index is 4.52. The van der Waals surface area contributed by atoms with Crippen LogP contribution in [0.2, 0.25) is 0 Å². The number of hydrogen-bond acceptors (Lipinski definition) is 2. The van der Waals surface area contributed by atoms with E-state index in [4.69, 9.17) is 11.6 Å². The Morgan fingerprint density at radius 2 is 1.85 bits per heavy atom. The predicted molar refractivity (Wildman–Crippen MR) is 56.6 cm³/mol. The molecule has 3 nitrogen and oxygen atoms in total. The van der Waals surface area contributed by atoms with Crippen molar-refractivity contribution in [1.82, 2.24) is 4.72 Å². The molecular formula is C8H18ClNO2S. The molecule has 1 N–H and O–H groups in total. The van der Waals surface area contributed by atoms with Gasteiger partial charge >= 0.3 is 0 Å². The zero-order chi connectivity index (χ0) is 10.7. The van der Waals surface area contributed by atoms with Crippen LogP contribution in [-0.2, 0) is 10.0 Å². The third-order valence-electron chi connectivity index (χ3n) is 1.81. The molecule has 0 aromatic carbocycles. The molecular weight excluding hydrogens is 210 g/mol. The van der Waals surface area contributed by atoms with Gasteiger partial charge in [0.2, 0.25) is 10.0 Å². The zero-order valence-electron chi connectivity index (χ0n) is 8.59. The lowest BCUT2D eigenvalue weighted by molar-refractivity contribution is 0.525. The minimum Gasteiger partial charge on any atom is -0.212 e. The first kappa shape index (κ1) is 13.2. The van der Waals surface area contributed by atoms with Crippen LogP contribution in [0.15, 0.2) is 0 Å². The van der Waals surface area contributed by atoms with Crippen molar-refractivity contribution >= 4 is 21.6 Å². The van der Waals surface area contributed by atoms with E-state index in [-0.39, 0.29) is 6.04 Å². The number of halogens is 1. The van der Waals surface area contributed by atoms with Crippen molar-refractivity contribution in [2.75, 3.05) is 5.88 Å². The maximum Gasteiger partial charge on any atom is 0.216 e. The van der Waals surface area contributed by atoms with Crippen LogP contribution in [0.4, 0.5) is 0 Å². The molecule has 0 aliphatic carbocycles. The molecule has 0 bridgehead atoms. The number of rotatable bonds is 4. The molecule has 0 rings (SSSR count). The molecule has 0 spiro atoms. The van der Waals surface area contributed by atoms with E-state index in [9.17, 15) is 8.42 Å². The summed E-state index contributed by atoms with van der Waals surface area (Å²) in [6.07, 6.45) is 0.707. The minimum absolute atomic E-state index is 0.161. The molecule has 0 aliphatic rings. The first-order valence-electron chi connectivity index (χ1n) is 4.32. The van der Waals surface area contributed by atoms with Crippen LogP contribution in [0, 0.1) is 0 Å². The maximum atomic E-state index is 11.6. The van der Waals surface area contributed by atoms with Crippen LogP contribution < -0.4 is 4.72 Å². The molecule has 0 fully saturated rings. The van der Waals surface area contributed by atoms with Crippen molar-refractivity contribution in [3.63, 3.8) is 0 Å². The summed E-state index contributed by atoms with van der Waals surface area (Å²) in [4.78, 5) is 0. The highest BCUT2D eigenvalue weighted by Gasteiger charge is 2.30. The second-order valence-corrected chi connectivity index (χ2v) is 6.77. The summed E-state index contributed by atoms with van der Waals surface area (Å²) < 4.78 is 25.0. The normalized spacial score (nSPS) is 15.8. The molecule has 5 heteroatoms. The lowest BCUT2D eigenvalue weighted by atomic mass is 10.3. The molecule has 0 saturated heterocycles. The molecule has 13 heavy (non-hydrogen) atoms. The Hall–Kier alpha value is 0.200. The molecule has 0 aromatic rings. The van der Waals surface area contributed by atoms with Gasteiger partial charge in [0.15, 0.2) is 0 Å². The monoisotopic (exact) mass is 227 g/mol. The smallest absolute Gasteiger partial charge is 0.212 e. The van der Waals surface area contributed by atoms with E-state index in [0.29, 0.717) is 12.3 Å². The van der Waals surface area contributed by atoms with E-state index in [1.807, 2.05) is 6.92 Å². The fourth-order valence-electron chi connectivity index (χ4n) is 0.620. The Bertz CT molecular complexity index is 239. The van der Waals surface area contributed by atoms with Gasteiger partial charge in [-0.2, -0.15) is 0 Å². The molecule has 0 saturated carbocycles. The van der Waals surface area contributed by atoms with E-state index < -0.39 is 14.8 Å². The number of hydrogen-bond donors (Lipinski definition) is 1. The van der Waals surface area contributed by atoms with E-state index in [1.54, 1.807) is 20.8 Å². The third kappa shape index (κ3) is 3.83. The Kier molecular flexibility index (Phi) is 4.69. The average Bonchev–Trinajstić information content (AvgIpc) is 1.98. The topological polar surface area (TPSA) is 46.2 Å². The van der Waals surface area contributed by atoms with Gasteiger partial charge < -0.3 is 0 Å². The first-order valence-corrected chi connectivity index (χ1v) is 6.34. The standard InChI is InChI=1S/C8H18ClNO2S/c1-5-7(6-9)10-13(11,12)8(2,3)4/h7,10H,5-6H2,1-4H3. The number of sulfonamides is 1. The molecule has 0 radical (unpaired) electrons. The summed E-state index contributed by atoms with van der Waals surface area (Å²) >= 11 is 5.60. The second-order valence-electron chi connectivity index (χ2n) is 3.99. The maximum absolute atomic E-state index is 11.6. The van der Waals surface area contributed by atoms with E-state index >= 15 is 0 Å². The fourth-order valence-corrected chi connectivity index (χ4v) is 2.05. The molecule has 0 aliphatic heterocycles. The highest BCUT2D eigenvalue weighted by atomic mass is 35.5. The van der Waals surface area contributed by atoms with Gasteiger partial charge in [0.25, 0.3) is 0 Å². The molecule has 0 amide bonds. The van der Waals surface area contributed by atoms with Crippen LogP contribution in [0.3, 0.4) is 0 Å². The lowest BCUT2D eigenvalue weighted by Gasteiger charge is -2.23. The van der Waals surface area contributed by atoms with Crippen molar-refractivity contribution in [3.8, 4) is 0 Å². The van der Waals surface area contributed by atoms with Gasteiger partial charge in [-0.3, -0.25) is 0 Å². The Morgan fingerprint density at radius 1 is 1.38 bits per heavy atom. The van der Waals surface area contributed by atoms with Crippen molar-refractivity contribution < 1.29 is 8.42 Å². The van der Waals surface area contributed by atoms with Crippen LogP contribution in [0.5, 0.6) is 0 Å². The van der Waals surface area contributed by atoms with Crippen LogP contribution in [-0.4, -0.2) is 25.1 Å². The van der Waals surface area contributed by atoms with Gasteiger partial charge in [0.05, 0.1) is 4.75 Å². The summed E-state index contributed by atoms with van der Waals surface area (Å²) in [6.45, 7) is 6.89. The quantitative estimate of drug-likeness (QED) is 0.744. The number of alkyl halides is 1. The van der Waals surface area contributed by atoms with E-state index in [2.05, 4.69) is 4.72 Å². The van der Waals surface area contributed by atoms with Gasteiger partial charge in [-0.1, -0.05) is 6.92 Å². The largest absolute Gasteiger partial charge is 0.216 e. The summed E-state index contributed by atoms with van der Waals surface area (Å²) in [7, 11) is -3.26. The van der Waals surface area contributed by atoms with Crippen molar-refractivity contribution in [2.24, 2.45) is 0 Å². The lowest BCUT2D eigenvalue weighted by Crippen LogP contribution is -2.45. The number of nitrogens with one attached hydrogen (secondary N) is 1. The van der Waals surface area contributed by atoms with Crippen LogP contribution >= 0.6 is 11.6 Å². The van der Waals surface area contributed by atoms with Gasteiger partial charge in [0, 0.05) is 11.9 Å². The minimum atomic E-state index is -3.26. The zero-order valence-corrected chi connectivity index (χ0v) is 10.2. The second kappa shape index (κ2) is 4.62. The summed E-state index contributed by atoms with van der Waals surface area (Å²) in [6, 6.07) is -0.161.